The number of amides is 1. The van der Waals surface area contributed by atoms with Crippen molar-refractivity contribution in [2.24, 2.45) is 5.92 Å². The predicted molar refractivity (Wildman–Crippen MR) is 67.2 cm³/mol. The lowest BCUT2D eigenvalue weighted by Crippen LogP contribution is -2.40. The maximum absolute atomic E-state index is 11.7. The molecule has 1 fully saturated rings. The minimum atomic E-state index is -0.748. The average Bonchev–Trinajstić information content (AvgIpc) is 2.36. The molecule has 0 radical (unpaired) electrons. The molecule has 0 aromatic rings. The van der Waals surface area contributed by atoms with Crippen molar-refractivity contribution in [3.8, 4) is 0 Å². The lowest BCUT2D eigenvalue weighted by atomic mass is 9.86. The molecule has 0 saturated heterocycles. The first-order valence-electron chi connectivity index (χ1n) is 6.58. The van der Waals surface area contributed by atoms with Gasteiger partial charge < -0.3 is 15.2 Å². The van der Waals surface area contributed by atoms with Crippen LogP contribution in [0.2, 0.25) is 0 Å². The molecular weight excluding hydrogens is 234 g/mol. The van der Waals surface area contributed by atoms with E-state index in [1.54, 1.807) is 7.11 Å². The quantitative estimate of drug-likeness (QED) is 0.757. The third-order valence-corrected chi connectivity index (χ3v) is 3.57. The number of aliphatic carboxylic acids is 1. The fraction of sp³-hybridized carbons (Fsp3) is 0.846. The van der Waals surface area contributed by atoms with Crippen molar-refractivity contribution in [3.05, 3.63) is 0 Å². The summed E-state index contributed by atoms with van der Waals surface area (Å²) in [4.78, 5) is 22.6. The molecule has 0 bridgehead atoms. The van der Waals surface area contributed by atoms with E-state index < -0.39 is 5.97 Å². The van der Waals surface area contributed by atoms with Crippen LogP contribution < -0.4 is 5.32 Å². The fourth-order valence-electron chi connectivity index (χ4n) is 2.30. The van der Waals surface area contributed by atoms with E-state index >= 15 is 0 Å². The van der Waals surface area contributed by atoms with Gasteiger partial charge in [0, 0.05) is 19.6 Å². The topological polar surface area (TPSA) is 75.6 Å². The Morgan fingerprint density at radius 1 is 1.44 bits per heavy atom. The first-order valence-corrected chi connectivity index (χ1v) is 6.58. The molecule has 1 aliphatic carbocycles. The molecule has 5 nitrogen and oxygen atoms in total. The van der Waals surface area contributed by atoms with E-state index in [2.05, 4.69) is 5.32 Å². The molecule has 1 saturated carbocycles. The number of rotatable bonds is 6. The summed E-state index contributed by atoms with van der Waals surface area (Å²) in [6, 6.07) is 0.0187. The number of carboxylic acid groups (broad SMARTS) is 1. The van der Waals surface area contributed by atoms with Gasteiger partial charge in [-0.05, 0) is 32.6 Å². The molecule has 0 aliphatic heterocycles. The molecule has 0 heterocycles. The standard InChI is InChI=1S/C13H23NO4/c1-9(18-2)6-7-12(15)14-11-5-3-4-10(8-11)13(16)17/h9-11H,3-8H2,1-2H3,(H,14,15)(H,16,17). The summed E-state index contributed by atoms with van der Waals surface area (Å²) in [6.45, 7) is 1.92. The zero-order valence-electron chi connectivity index (χ0n) is 11.1. The van der Waals surface area contributed by atoms with Crippen LogP contribution in [-0.2, 0) is 14.3 Å². The number of carbonyl (C=O) groups is 2. The van der Waals surface area contributed by atoms with Crippen molar-refractivity contribution >= 4 is 11.9 Å². The van der Waals surface area contributed by atoms with Crippen LogP contribution in [0.25, 0.3) is 0 Å². The molecule has 0 aromatic heterocycles. The van der Waals surface area contributed by atoms with Crippen LogP contribution in [0.5, 0.6) is 0 Å². The van der Waals surface area contributed by atoms with Crippen molar-refractivity contribution in [2.75, 3.05) is 7.11 Å². The van der Waals surface area contributed by atoms with Gasteiger partial charge in [0.1, 0.15) is 0 Å². The maximum atomic E-state index is 11.7. The lowest BCUT2D eigenvalue weighted by Gasteiger charge is -2.27. The van der Waals surface area contributed by atoms with Gasteiger partial charge in [-0.1, -0.05) is 6.42 Å². The van der Waals surface area contributed by atoms with Gasteiger partial charge in [0.15, 0.2) is 0 Å². The maximum Gasteiger partial charge on any atom is 0.306 e. The van der Waals surface area contributed by atoms with Gasteiger partial charge in [0.2, 0.25) is 5.91 Å². The fourth-order valence-corrected chi connectivity index (χ4v) is 2.30. The second-order valence-corrected chi connectivity index (χ2v) is 5.05. The van der Waals surface area contributed by atoms with E-state index in [1.165, 1.54) is 0 Å². The summed E-state index contributed by atoms with van der Waals surface area (Å²) in [7, 11) is 1.63. The minimum absolute atomic E-state index is 0.00469. The Labute approximate surface area is 108 Å². The Morgan fingerprint density at radius 3 is 2.78 bits per heavy atom. The van der Waals surface area contributed by atoms with E-state index in [4.69, 9.17) is 9.84 Å². The van der Waals surface area contributed by atoms with Crippen LogP contribution in [0.15, 0.2) is 0 Å². The number of carbonyl (C=O) groups excluding carboxylic acids is 1. The molecule has 3 unspecified atom stereocenters. The Bertz CT molecular complexity index is 293. The minimum Gasteiger partial charge on any atom is -0.481 e. The van der Waals surface area contributed by atoms with Crippen LogP contribution in [0.4, 0.5) is 0 Å². The third-order valence-electron chi connectivity index (χ3n) is 3.57. The number of carboxylic acids is 1. The van der Waals surface area contributed by atoms with Gasteiger partial charge in [-0.3, -0.25) is 9.59 Å². The average molecular weight is 257 g/mol. The van der Waals surface area contributed by atoms with Crippen LogP contribution in [0, 0.1) is 5.92 Å². The molecule has 1 rings (SSSR count). The molecule has 2 N–H and O–H groups in total. The molecule has 5 heteroatoms. The number of hydrogen-bond donors (Lipinski definition) is 2. The molecule has 0 aromatic carbocycles. The van der Waals surface area contributed by atoms with E-state index in [0.717, 1.165) is 19.3 Å². The van der Waals surface area contributed by atoms with E-state index in [9.17, 15) is 9.59 Å². The van der Waals surface area contributed by atoms with Gasteiger partial charge in [-0.2, -0.15) is 0 Å². The van der Waals surface area contributed by atoms with Crippen LogP contribution in [0.3, 0.4) is 0 Å². The predicted octanol–water partition coefficient (Wildman–Crippen LogP) is 1.56. The molecule has 104 valence electrons. The number of methoxy groups -OCH3 is 1. The zero-order chi connectivity index (χ0) is 13.5. The summed E-state index contributed by atoms with van der Waals surface area (Å²) in [6.07, 6.45) is 4.24. The number of ether oxygens (including phenoxy) is 1. The second kappa shape index (κ2) is 7.36. The van der Waals surface area contributed by atoms with Crippen molar-refractivity contribution in [1.82, 2.24) is 5.32 Å². The summed E-state index contributed by atoms with van der Waals surface area (Å²) in [5.74, 6) is -1.06. The smallest absolute Gasteiger partial charge is 0.306 e. The molecule has 0 spiro atoms. The molecule has 3 atom stereocenters. The van der Waals surface area contributed by atoms with Crippen molar-refractivity contribution < 1.29 is 19.4 Å². The highest BCUT2D eigenvalue weighted by Gasteiger charge is 2.27. The van der Waals surface area contributed by atoms with Crippen LogP contribution in [0.1, 0.15) is 45.4 Å². The van der Waals surface area contributed by atoms with Gasteiger partial charge in [-0.25, -0.2) is 0 Å². The van der Waals surface area contributed by atoms with Gasteiger partial charge >= 0.3 is 5.97 Å². The SMILES string of the molecule is COC(C)CCC(=O)NC1CCCC(C(=O)O)C1. The number of nitrogens with one attached hydrogen (secondary N) is 1. The highest BCUT2D eigenvalue weighted by Crippen LogP contribution is 2.24. The Balaban J connectivity index is 2.29. The van der Waals surface area contributed by atoms with E-state index in [1.807, 2.05) is 6.92 Å². The Hall–Kier alpha value is -1.10. The largest absolute Gasteiger partial charge is 0.481 e. The van der Waals surface area contributed by atoms with Crippen LogP contribution >= 0.6 is 0 Å². The molecule has 1 aliphatic rings. The summed E-state index contributed by atoms with van der Waals surface area (Å²) < 4.78 is 5.08. The van der Waals surface area contributed by atoms with Crippen molar-refractivity contribution in [1.29, 1.82) is 0 Å². The third kappa shape index (κ3) is 5.04. The molecule has 1 amide bonds. The van der Waals surface area contributed by atoms with Crippen molar-refractivity contribution in [3.63, 3.8) is 0 Å². The van der Waals surface area contributed by atoms with Gasteiger partial charge in [0.25, 0.3) is 0 Å². The van der Waals surface area contributed by atoms with E-state index in [-0.39, 0.29) is 24.0 Å². The normalized spacial score (nSPS) is 25.4. The molecule has 18 heavy (non-hydrogen) atoms. The lowest BCUT2D eigenvalue weighted by molar-refractivity contribution is -0.143. The second-order valence-electron chi connectivity index (χ2n) is 5.05. The van der Waals surface area contributed by atoms with Crippen LogP contribution in [-0.4, -0.2) is 36.2 Å². The number of hydrogen-bond acceptors (Lipinski definition) is 3. The zero-order valence-corrected chi connectivity index (χ0v) is 11.1. The monoisotopic (exact) mass is 257 g/mol. The Kier molecular flexibility index (Phi) is 6.12. The first-order chi connectivity index (χ1) is 8.52. The van der Waals surface area contributed by atoms with Gasteiger partial charge in [-0.15, -0.1) is 0 Å². The van der Waals surface area contributed by atoms with E-state index in [0.29, 0.717) is 19.3 Å². The van der Waals surface area contributed by atoms with Crippen molar-refractivity contribution in [2.45, 2.75) is 57.6 Å². The summed E-state index contributed by atoms with van der Waals surface area (Å²) in [5.41, 5.74) is 0. The Morgan fingerprint density at radius 2 is 2.17 bits per heavy atom. The highest BCUT2D eigenvalue weighted by molar-refractivity contribution is 5.76. The molecular formula is C13H23NO4. The summed E-state index contributed by atoms with van der Waals surface area (Å²) in [5, 5.41) is 11.9. The summed E-state index contributed by atoms with van der Waals surface area (Å²) >= 11 is 0. The first kappa shape index (κ1) is 15.0. The van der Waals surface area contributed by atoms with Gasteiger partial charge in [0.05, 0.1) is 12.0 Å². The highest BCUT2D eigenvalue weighted by atomic mass is 16.5.